The molecule has 3 amide bonds. The van der Waals surface area contributed by atoms with Crippen molar-refractivity contribution in [1.82, 2.24) is 10.2 Å². The summed E-state index contributed by atoms with van der Waals surface area (Å²) in [7, 11) is 0. The van der Waals surface area contributed by atoms with Gasteiger partial charge in [-0.3, -0.25) is 14.4 Å². The summed E-state index contributed by atoms with van der Waals surface area (Å²) in [6.45, 7) is 10.3. The van der Waals surface area contributed by atoms with Crippen LogP contribution in [0.4, 0.5) is 11.4 Å². The van der Waals surface area contributed by atoms with Crippen LogP contribution in [-0.4, -0.2) is 62.0 Å². The third-order valence-electron chi connectivity index (χ3n) is 5.98. The van der Waals surface area contributed by atoms with Crippen molar-refractivity contribution < 1.29 is 19.1 Å². The minimum absolute atomic E-state index is 0.0824. The van der Waals surface area contributed by atoms with Crippen molar-refractivity contribution in [3.63, 3.8) is 0 Å². The third-order valence-corrected chi connectivity index (χ3v) is 5.98. The van der Waals surface area contributed by atoms with Gasteiger partial charge in [0.15, 0.2) is 0 Å². The lowest BCUT2D eigenvalue weighted by Gasteiger charge is -2.18. The Labute approximate surface area is 201 Å². The molecule has 0 radical (unpaired) electrons. The van der Waals surface area contributed by atoms with E-state index in [1.807, 2.05) is 31.2 Å². The van der Waals surface area contributed by atoms with Crippen LogP contribution >= 0.6 is 0 Å². The molecule has 2 aromatic rings. The molecule has 1 atom stereocenters. The van der Waals surface area contributed by atoms with Crippen LogP contribution in [0.3, 0.4) is 0 Å². The molecule has 3 rings (SSSR count). The number of amides is 3. The van der Waals surface area contributed by atoms with E-state index in [4.69, 9.17) is 4.74 Å². The summed E-state index contributed by atoms with van der Waals surface area (Å²) in [6.07, 6.45) is 0.159. The highest BCUT2D eigenvalue weighted by Gasteiger charge is 2.35. The number of ether oxygens (including phenoxy) is 1. The number of hydrogen-bond donors (Lipinski definition) is 2. The standard InChI is InChI=1S/C26H34N4O4/c1-4-29(5-2)16-15-27-25(32)19-7-9-21(10-8-19)28-26(33)20-17-24(31)30(18-20)22-11-13-23(14-12-22)34-6-3/h7-14,20H,4-6,15-18H2,1-3H3,(H,27,32)(H,28,33)/t20-/m1/s1. The molecule has 182 valence electrons. The molecule has 0 bridgehead atoms. The number of rotatable bonds is 11. The number of hydrogen-bond acceptors (Lipinski definition) is 5. The fraction of sp³-hybridized carbons (Fsp3) is 0.423. The van der Waals surface area contributed by atoms with Crippen LogP contribution in [0.25, 0.3) is 0 Å². The van der Waals surface area contributed by atoms with Crippen molar-refractivity contribution in [2.75, 3.05) is 49.5 Å². The van der Waals surface area contributed by atoms with Crippen molar-refractivity contribution in [1.29, 1.82) is 0 Å². The number of nitrogens with zero attached hydrogens (tertiary/aromatic N) is 2. The maximum absolute atomic E-state index is 12.8. The van der Waals surface area contributed by atoms with Gasteiger partial charge in [-0.15, -0.1) is 0 Å². The lowest BCUT2D eigenvalue weighted by molar-refractivity contribution is -0.122. The van der Waals surface area contributed by atoms with Crippen molar-refractivity contribution in [2.24, 2.45) is 5.92 Å². The lowest BCUT2D eigenvalue weighted by Crippen LogP contribution is -2.34. The summed E-state index contributed by atoms with van der Waals surface area (Å²) < 4.78 is 5.44. The summed E-state index contributed by atoms with van der Waals surface area (Å²) in [5, 5.41) is 5.79. The number of nitrogens with one attached hydrogen (secondary N) is 2. The van der Waals surface area contributed by atoms with Gasteiger partial charge in [-0.2, -0.15) is 0 Å². The molecule has 2 aromatic carbocycles. The van der Waals surface area contributed by atoms with E-state index in [0.717, 1.165) is 31.1 Å². The average Bonchev–Trinajstić information content (AvgIpc) is 3.24. The van der Waals surface area contributed by atoms with Gasteiger partial charge in [0, 0.05) is 43.0 Å². The molecule has 0 aromatic heterocycles. The molecule has 0 saturated carbocycles. The quantitative estimate of drug-likeness (QED) is 0.531. The Hall–Kier alpha value is -3.39. The average molecular weight is 467 g/mol. The van der Waals surface area contributed by atoms with Gasteiger partial charge >= 0.3 is 0 Å². The first-order chi connectivity index (χ1) is 16.4. The van der Waals surface area contributed by atoms with Gasteiger partial charge in [0.2, 0.25) is 11.8 Å². The number of carbonyl (C=O) groups is 3. The molecular formula is C26H34N4O4. The Kier molecular flexibility index (Phi) is 9.04. The second-order valence-corrected chi connectivity index (χ2v) is 8.18. The highest BCUT2D eigenvalue weighted by molar-refractivity contribution is 6.03. The third kappa shape index (κ3) is 6.57. The van der Waals surface area contributed by atoms with Gasteiger partial charge in [0.05, 0.1) is 12.5 Å². The summed E-state index contributed by atoms with van der Waals surface area (Å²) in [4.78, 5) is 41.5. The normalized spacial score (nSPS) is 15.5. The highest BCUT2D eigenvalue weighted by atomic mass is 16.5. The summed E-state index contributed by atoms with van der Waals surface area (Å²) >= 11 is 0. The predicted octanol–water partition coefficient (Wildman–Crippen LogP) is 3.15. The summed E-state index contributed by atoms with van der Waals surface area (Å²) in [6, 6.07) is 14.1. The van der Waals surface area contributed by atoms with Crippen LogP contribution in [0.5, 0.6) is 5.75 Å². The zero-order valence-corrected chi connectivity index (χ0v) is 20.2. The van der Waals surface area contributed by atoms with Crippen molar-refractivity contribution >= 4 is 29.1 Å². The first-order valence-corrected chi connectivity index (χ1v) is 11.9. The number of carbonyl (C=O) groups excluding carboxylic acids is 3. The second kappa shape index (κ2) is 12.2. The fourth-order valence-electron chi connectivity index (χ4n) is 3.94. The van der Waals surface area contributed by atoms with Crippen molar-refractivity contribution in [2.45, 2.75) is 27.2 Å². The van der Waals surface area contributed by atoms with Gasteiger partial charge in [0.1, 0.15) is 5.75 Å². The topological polar surface area (TPSA) is 91.0 Å². The van der Waals surface area contributed by atoms with Gasteiger partial charge in [0.25, 0.3) is 5.91 Å². The van der Waals surface area contributed by atoms with Crippen molar-refractivity contribution in [3.8, 4) is 5.75 Å². The molecule has 2 N–H and O–H groups in total. The van der Waals surface area contributed by atoms with E-state index in [2.05, 4.69) is 29.4 Å². The van der Waals surface area contributed by atoms with E-state index in [1.54, 1.807) is 29.2 Å². The van der Waals surface area contributed by atoms with Gasteiger partial charge < -0.3 is 25.2 Å². The van der Waals surface area contributed by atoms with Crippen LogP contribution in [0.1, 0.15) is 37.6 Å². The first-order valence-electron chi connectivity index (χ1n) is 11.9. The SMILES string of the molecule is CCOc1ccc(N2C[C@H](C(=O)Nc3ccc(C(=O)NCCN(CC)CC)cc3)CC2=O)cc1. The minimum atomic E-state index is -0.442. The highest BCUT2D eigenvalue weighted by Crippen LogP contribution is 2.27. The van der Waals surface area contributed by atoms with E-state index in [9.17, 15) is 14.4 Å². The predicted molar refractivity (Wildman–Crippen MR) is 133 cm³/mol. The van der Waals surface area contributed by atoms with Crippen LogP contribution in [0.15, 0.2) is 48.5 Å². The Morgan fingerprint density at radius 2 is 1.71 bits per heavy atom. The summed E-state index contributed by atoms with van der Waals surface area (Å²) in [5.41, 5.74) is 1.88. The zero-order valence-electron chi connectivity index (χ0n) is 20.2. The molecule has 1 saturated heterocycles. The molecule has 1 aliphatic heterocycles. The molecule has 8 nitrogen and oxygen atoms in total. The van der Waals surface area contributed by atoms with Crippen LogP contribution < -0.4 is 20.3 Å². The Bertz CT molecular complexity index is 971. The summed E-state index contributed by atoms with van der Waals surface area (Å²) in [5.74, 6) is -0.132. The molecule has 0 unspecified atom stereocenters. The number of likely N-dealkylation sites (N-methyl/N-ethyl adjacent to an activating group) is 1. The Morgan fingerprint density at radius 3 is 2.32 bits per heavy atom. The van der Waals surface area contributed by atoms with Crippen molar-refractivity contribution in [3.05, 3.63) is 54.1 Å². The van der Waals surface area contributed by atoms with Crippen LogP contribution in [-0.2, 0) is 9.59 Å². The molecule has 8 heteroatoms. The molecule has 1 fully saturated rings. The molecule has 0 spiro atoms. The molecule has 0 aliphatic carbocycles. The maximum Gasteiger partial charge on any atom is 0.251 e. The van der Waals surface area contributed by atoms with E-state index >= 15 is 0 Å². The largest absolute Gasteiger partial charge is 0.494 e. The van der Waals surface area contributed by atoms with E-state index in [0.29, 0.717) is 30.9 Å². The van der Waals surface area contributed by atoms with E-state index < -0.39 is 5.92 Å². The fourth-order valence-corrected chi connectivity index (χ4v) is 3.94. The van der Waals surface area contributed by atoms with E-state index in [-0.39, 0.29) is 24.1 Å². The Morgan fingerprint density at radius 1 is 1.03 bits per heavy atom. The van der Waals surface area contributed by atoms with Crippen LogP contribution in [0, 0.1) is 5.92 Å². The smallest absolute Gasteiger partial charge is 0.251 e. The molecule has 1 heterocycles. The molecule has 34 heavy (non-hydrogen) atoms. The van der Waals surface area contributed by atoms with Crippen LogP contribution in [0.2, 0.25) is 0 Å². The Balaban J connectivity index is 1.51. The van der Waals surface area contributed by atoms with E-state index in [1.165, 1.54) is 0 Å². The molecule has 1 aliphatic rings. The maximum atomic E-state index is 12.8. The lowest BCUT2D eigenvalue weighted by atomic mass is 10.1. The zero-order chi connectivity index (χ0) is 24.5. The number of benzene rings is 2. The monoisotopic (exact) mass is 466 g/mol. The minimum Gasteiger partial charge on any atom is -0.494 e. The van der Waals surface area contributed by atoms with Gasteiger partial charge in [-0.25, -0.2) is 0 Å². The van der Waals surface area contributed by atoms with Gasteiger partial charge in [-0.05, 0) is 68.5 Å². The molecular weight excluding hydrogens is 432 g/mol. The number of anilines is 2. The first kappa shape index (κ1) is 25.2. The second-order valence-electron chi connectivity index (χ2n) is 8.18. The van der Waals surface area contributed by atoms with Gasteiger partial charge in [-0.1, -0.05) is 13.8 Å².